The van der Waals surface area contributed by atoms with Crippen molar-refractivity contribution in [2.24, 2.45) is 0 Å². The molecule has 0 saturated carbocycles. The Hall–Kier alpha value is -3.68. The van der Waals surface area contributed by atoms with Crippen molar-refractivity contribution in [3.63, 3.8) is 0 Å². The standard InChI is InChI=1S/2C9H12O2.2C9H12.O2/c2*1-9(2,11-10)8-6-4-3-5-7-8;2*1-8(2)9-6-4-3-5-7-9;1-2/h2*3-7,10H,1-2H3;2*3-8H,1-2H3;. The van der Waals surface area contributed by atoms with Gasteiger partial charge in [0.2, 0.25) is 0 Å². The summed E-state index contributed by atoms with van der Waals surface area (Å²) in [6, 6.07) is 40.2. The molecular weight excluding hydrogens is 528 g/mol. The highest BCUT2D eigenvalue weighted by molar-refractivity contribution is 5.21. The lowest BCUT2D eigenvalue weighted by atomic mass is 9.99. The summed E-state index contributed by atoms with van der Waals surface area (Å²) in [4.78, 5) is 22.6. The van der Waals surface area contributed by atoms with Crippen molar-refractivity contribution in [2.45, 2.75) is 78.4 Å². The number of hydrogen-bond donors (Lipinski definition) is 2. The molecule has 0 aromatic heterocycles. The molecule has 6 heteroatoms. The molecule has 0 fully saturated rings. The van der Waals surface area contributed by atoms with Crippen LogP contribution in [0, 0.1) is 9.93 Å². The predicted octanol–water partition coefficient (Wildman–Crippen LogP) is 10.5. The van der Waals surface area contributed by atoms with Crippen molar-refractivity contribution in [3.8, 4) is 0 Å². The van der Waals surface area contributed by atoms with Crippen molar-refractivity contribution in [1.82, 2.24) is 0 Å². The minimum Gasteiger partial charge on any atom is -0.251 e. The summed E-state index contributed by atoms with van der Waals surface area (Å²) in [7, 11) is 0. The van der Waals surface area contributed by atoms with E-state index in [0.29, 0.717) is 11.8 Å². The third-order valence-electron chi connectivity index (χ3n) is 6.33. The van der Waals surface area contributed by atoms with Crippen LogP contribution in [0.3, 0.4) is 0 Å². The second-order valence-electron chi connectivity index (χ2n) is 11.1. The first-order valence-electron chi connectivity index (χ1n) is 14.0. The summed E-state index contributed by atoms with van der Waals surface area (Å²) in [6.07, 6.45) is 0. The van der Waals surface area contributed by atoms with E-state index in [-0.39, 0.29) is 0 Å². The average Bonchev–Trinajstić information content (AvgIpc) is 3.04. The van der Waals surface area contributed by atoms with E-state index >= 15 is 0 Å². The van der Waals surface area contributed by atoms with Gasteiger partial charge in [0, 0.05) is 9.93 Å². The van der Waals surface area contributed by atoms with Gasteiger partial charge >= 0.3 is 0 Å². The number of rotatable bonds is 6. The van der Waals surface area contributed by atoms with Crippen LogP contribution in [0.2, 0.25) is 0 Å². The number of hydrogen-bond acceptors (Lipinski definition) is 6. The van der Waals surface area contributed by atoms with Crippen LogP contribution in [-0.2, 0) is 21.0 Å². The summed E-state index contributed by atoms with van der Waals surface area (Å²) in [5, 5.41) is 17.1. The lowest BCUT2D eigenvalue weighted by Gasteiger charge is -2.20. The van der Waals surface area contributed by atoms with Crippen LogP contribution < -0.4 is 0 Å². The number of benzene rings is 4. The average molecular weight is 577 g/mol. The van der Waals surface area contributed by atoms with Gasteiger partial charge in [0.25, 0.3) is 0 Å². The fraction of sp³-hybridized carbons (Fsp3) is 0.333. The van der Waals surface area contributed by atoms with Crippen LogP contribution >= 0.6 is 0 Å². The van der Waals surface area contributed by atoms with E-state index in [9.17, 15) is 0 Å². The highest BCUT2D eigenvalue weighted by atomic mass is 17.1. The van der Waals surface area contributed by atoms with E-state index in [2.05, 4.69) is 86.0 Å². The maximum atomic E-state index is 8.55. The Balaban J connectivity index is 0.000000525. The van der Waals surface area contributed by atoms with Gasteiger partial charge in [-0.15, -0.1) is 0 Å². The Kier molecular flexibility index (Phi) is 19.2. The van der Waals surface area contributed by atoms with Crippen molar-refractivity contribution < 1.29 is 20.3 Å². The van der Waals surface area contributed by atoms with Crippen LogP contribution in [0.15, 0.2) is 121 Å². The Morgan fingerprint density at radius 1 is 0.452 bits per heavy atom. The molecule has 0 spiro atoms. The van der Waals surface area contributed by atoms with Crippen LogP contribution in [0.25, 0.3) is 0 Å². The minimum absolute atomic E-state index is 0.610. The normalized spacial score (nSPS) is 10.5. The lowest BCUT2D eigenvalue weighted by molar-refractivity contribution is -0.318. The summed E-state index contributed by atoms with van der Waals surface area (Å²) >= 11 is 0. The van der Waals surface area contributed by atoms with Gasteiger partial charge < -0.3 is 0 Å². The molecular formula is C36H48O6. The van der Waals surface area contributed by atoms with Crippen molar-refractivity contribution in [3.05, 3.63) is 154 Å². The largest absolute Gasteiger partial charge is 0.251 e. The molecule has 4 rings (SSSR count). The topological polar surface area (TPSA) is 93.1 Å². The van der Waals surface area contributed by atoms with E-state index in [1.165, 1.54) is 11.1 Å². The molecule has 0 heterocycles. The second-order valence-corrected chi connectivity index (χ2v) is 11.1. The summed E-state index contributed by atoms with van der Waals surface area (Å²) < 4.78 is 0. The van der Waals surface area contributed by atoms with Crippen LogP contribution in [-0.4, -0.2) is 10.5 Å². The first-order chi connectivity index (χ1) is 19.9. The maximum Gasteiger partial charge on any atom is 0.123 e. The Morgan fingerprint density at radius 2 is 0.667 bits per heavy atom. The van der Waals surface area contributed by atoms with Gasteiger partial charge in [-0.3, -0.25) is 10.5 Å². The van der Waals surface area contributed by atoms with Gasteiger partial charge in [0.05, 0.1) is 0 Å². The molecule has 4 aromatic rings. The van der Waals surface area contributed by atoms with E-state index in [4.69, 9.17) is 20.4 Å². The zero-order valence-corrected chi connectivity index (χ0v) is 26.2. The van der Waals surface area contributed by atoms with Gasteiger partial charge in [0.1, 0.15) is 11.2 Å². The lowest BCUT2D eigenvalue weighted by Crippen LogP contribution is -2.19. The highest BCUT2D eigenvalue weighted by Gasteiger charge is 2.21. The zero-order chi connectivity index (χ0) is 32.0. The molecule has 42 heavy (non-hydrogen) atoms. The fourth-order valence-electron chi connectivity index (χ4n) is 3.46. The van der Waals surface area contributed by atoms with E-state index in [1.54, 1.807) is 0 Å². The molecule has 0 unspecified atom stereocenters. The Labute approximate surface area is 252 Å². The second kappa shape index (κ2) is 21.1. The van der Waals surface area contributed by atoms with E-state index in [1.807, 2.05) is 100 Å². The van der Waals surface area contributed by atoms with Crippen LogP contribution in [0.1, 0.15) is 89.5 Å². The molecule has 0 atom stereocenters. The van der Waals surface area contributed by atoms with Gasteiger partial charge in [0.15, 0.2) is 0 Å². The molecule has 0 bridgehead atoms. The van der Waals surface area contributed by atoms with Gasteiger partial charge in [-0.2, -0.15) is 0 Å². The quantitative estimate of drug-likeness (QED) is 0.175. The molecule has 0 amide bonds. The minimum atomic E-state index is -0.610. The Bertz CT molecular complexity index is 1070. The van der Waals surface area contributed by atoms with Gasteiger partial charge in [-0.05, 0) is 61.8 Å². The third-order valence-corrected chi connectivity index (χ3v) is 6.33. The molecule has 0 radical (unpaired) electrons. The van der Waals surface area contributed by atoms with Crippen molar-refractivity contribution in [1.29, 1.82) is 0 Å². The molecule has 2 N–H and O–H groups in total. The fourth-order valence-corrected chi connectivity index (χ4v) is 3.46. The molecule has 0 aliphatic rings. The van der Waals surface area contributed by atoms with Gasteiger partial charge in [-0.1, -0.05) is 149 Å². The molecule has 4 aromatic carbocycles. The first-order valence-corrected chi connectivity index (χ1v) is 14.0. The molecule has 0 aliphatic carbocycles. The highest BCUT2D eigenvalue weighted by Crippen LogP contribution is 2.23. The maximum absolute atomic E-state index is 8.55. The SMILES string of the molecule is CC(C)(OO)c1ccccc1.CC(C)(OO)c1ccccc1.CC(C)c1ccccc1.CC(C)c1ccccc1.O=O. The summed E-state index contributed by atoms with van der Waals surface area (Å²) in [5.41, 5.74) is 3.53. The van der Waals surface area contributed by atoms with E-state index in [0.717, 1.165) is 11.1 Å². The third kappa shape index (κ3) is 15.4. The zero-order valence-electron chi connectivity index (χ0n) is 26.2. The summed E-state index contributed by atoms with van der Waals surface area (Å²) in [5.74, 6) is 1.32. The molecule has 0 saturated heterocycles. The molecule has 228 valence electrons. The summed E-state index contributed by atoms with van der Waals surface area (Å²) in [6.45, 7) is 16.0. The van der Waals surface area contributed by atoms with Crippen LogP contribution in [0.5, 0.6) is 0 Å². The predicted molar refractivity (Wildman–Crippen MR) is 174 cm³/mol. The molecule has 0 aliphatic heterocycles. The van der Waals surface area contributed by atoms with E-state index < -0.39 is 11.2 Å². The van der Waals surface area contributed by atoms with Crippen molar-refractivity contribution in [2.75, 3.05) is 0 Å². The molecule has 6 nitrogen and oxygen atoms in total. The Morgan fingerprint density at radius 3 is 0.833 bits per heavy atom. The smallest absolute Gasteiger partial charge is 0.123 e. The van der Waals surface area contributed by atoms with Gasteiger partial charge in [-0.25, -0.2) is 9.78 Å². The first kappa shape index (κ1) is 38.3. The monoisotopic (exact) mass is 576 g/mol. The van der Waals surface area contributed by atoms with Crippen LogP contribution in [0.4, 0.5) is 0 Å². The van der Waals surface area contributed by atoms with Crippen molar-refractivity contribution >= 4 is 0 Å².